The number of halogens is 1. The average Bonchev–Trinajstić information content (AvgIpc) is 2.73. The van der Waals surface area contributed by atoms with Crippen LogP contribution in [-0.4, -0.2) is 30.5 Å². The van der Waals surface area contributed by atoms with Crippen LogP contribution < -0.4 is 10.1 Å². The van der Waals surface area contributed by atoms with Gasteiger partial charge in [-0.1, -0.05) is 42.3 Å². The van der Waals surface area contributed by atoms with Gasteiger partial charge in [0.25, 0.3) is 0 Å². The number of nitrogens with zero attached hydrogens (tertiary/aromatic N) is 1. The predicted molar refractivity (Wildman–Crippen MR) is 112 cm³/mol. The Bertz CT molecular complexity index is 833. The summed E-state index contributed by atoms with van der Waals surface area (Å²) >= 11 is 6.08. The lowest BCUT2D eigenvalue weighted by Crippen LogP contribution is -2.37. The second kappa shape index (κ2) is 8.97. The van der Waals surface area contributed by atoms with Crippen LogP contribution in [0.4, 0.5) is 0 Å². The van der Waals surface area contributed by atoms with Crippen LogP contribution >= 0.6 is 11.6 Å². The van der Waals surface area contributed by atoms with Crippen LogP contribution in [0.25, 0.3) is 0 Å². The first kappa shape index (κ1) is 19.3. The van der Waals surface area contributed by atoms with Gasteiger partial charge < -0.3 is 10.1 Å². The molecule has 4 rings (SSSR count). The molecule has 1 fully saturated rings. The van der Waals surface area contributed by atoms with Gasteiger partial charge in [0, 0.05) is 18.1 Å². The monoisotopic (exact) mass is 398 g/mol. The third-order valence-corrected chi connectivity index (χ3v) is 5.95. The second-order valence-corrected chi connectivity index (χ2v) is 8.22. The predicted octanol–water partition coefficient (Wildman–Crippen LogP) is 4.19. The summed E-state index contributed by atoms with van der Waals surface area (Å²) in [6, 6.07) is 14.0. The molecule has 0 saturated carbocycles. The van der Waals surface area contributed by atoms with Crippen molar-refractivity contribution < 1.29 is 9.53 Å². The maximum Gasteiger partial charge on any atom is 0.227 e. The maximum atomic E-state index is 12.7. The Hall–Kier alpha value is -2.04. The molecule has 2 aliphatic heterocycles. The van der Waals surface area contributed by atoms with Crippen LogP contribution in [0, 0.1) is 5.92 Å². The van der Waals surface area contributed by atoms with Crippen molar-refractivity contribution >= 4 is 17.5 Å². The number of amides is 1. The first-order chi connectivity index (χ1) is 13.7. The molecular formula is C23H27ClN2O2. The number of hydrogen-bond donors (Lipinski definition) is 1. The van der Waals surface area contributed by atoms with Crippen molar-refractivity contribution in [1.29, 1.82) is 0 Å². The molecule has 0 radical (unpaired) electrons. The molecule has 0 aromatic heterocycles. The summed E-state index contributed by atoms with van der Waals surface area (Å²) in [5, 5.41) is 3.80. The summed E-state index contributed by atoms with van der Waals surface area (Å²) in [5.41, 5.74) is 3.51. The van der Waals surface area contributed by atoms with Gasteiger partial charge in [0.05, 0.1) is 5.92 Å². The Morgan fingerprint density at radius 3 is 2.71 bits per heavy atom. The van der Waals surface area contributed by atoms with Crippen LogP contribution in [-0.2, 0) is 24.3 Å². The fourth-order valence-electron chi connectivity index (χ4n) is 4.10. The Labute approximate surface area is 171 Å². The van der Waals surface area contributed by atoms with Crippen LogP contribution in [0.15, 0.2) is 42.5 Å². The maximum absolute atomic E-state index is 12.7. The Kier molecular flexibility index (Phi) is 6.18. The van der Waals surface area contributed by atoms with Crippen molar-refractivity contribution in [2.24, 2.45) is 5.92 Å². The lowest BCUT2D eigenvalue weighted by molar-refractivity contribution is -0.126. The normalized spacial score (nSPS) is 19.5. The second-order valence-electron chi connectivity index (χ2n) is 7.79. The third kappa shape index (κ3) is 4.68. The van der Waals surface area contributed by atoms with E-state index in [-0.39, 0.29) is 11.8 Å². The highest BCUT2D eigenvalue weighted by atomic mass is 35.5. The van der Waals surface area contributed by atoms with E-state index in [4.69, 9.17) is 16.3 Å². The number of nitrogens with one attached hydrogen (secondary N) is 1. The van der Waals surface area contributed by atoms with E-state index in [9.17, 15) is 4.79 Å². The summed E-state index contributed by atoms with van der Waals surface area (Å²) < 4.78 is 5.76. The molecule has 2 aromatic rings. The van der Waals surface area contributed by atoms with Crippen LogP contribution in [0.3, 0.4) is 0 Å². The van der Waals surface area contributed by atoms with Crippen molar-refractivity contribution in [3.05, 3.63) is 64.2 Å². The SMILES string of the molecule is O=C(NCc1ccccc1CN1CCCCC1)[C@@H]1COc2ccc(Cl)cc2C1. The molecule has 4 nitrogen and oxygen atoms in total. The Balaban J connectivity index is 1.36. The highest BCUT2D eigenvalue weighted by molar-refractivity contribution is 6.30. The van der Waals surface area contributed by atoms with Crippen LogP contribution in [0.1, 0.15) is 36.0 Å². The van der Waals surface area contributed by atoms with Crippen molar-refractivity contribution in [1.82, 2.24) is 10.2 Å². The molecule has 0 spiro atoms. The average molecular weight is 399 g/mol. The number of ether oxygens (including phenoxy) is 1. The Morgan fingerprint density at radius 2 is 1.89 bits per heavy atom. The van der Waals surface area contributed by atoms with Gasteiger partial charge in [-0.05, 0) is 67.2 Å². The van der Waals surface area contributed by atoms with Gasteiger partial charge in [-0.2, -0.15) is 0 Å². The highest BCUT2D eigenvalue weighted by Gasteiger charge is 2.26. The van der Waals surface area contributed by atoms with E-state index >= 15 is 0 Å². The number of carbonyl (C=O) groups is 1. The van der Waals surface area contributed by atoms with Crippen molar-refractivity contribution in [3.63, 3.8) is 0 Å². The van der Waals surface area contributed by atoms with Gasteiger partial charge in [-0.25, -0.2) is 0 Å². The highest BCUT2D eigenvalue weighted by Crippen LogP contribution is 2.30. The van der Waals surface area contributed by atoms with Gasteiger partial charge in [-0.3, -0.25) is 9.69 Å². The summed E-state index contributed by atoms with van der Waals surface area (Å²) in [6.07, 6.45) is 4.57. The van der Waals surface area contributed by atoms with E-state index in [0.717, 1.165) is 17.9 Å². The molecule has 2 heterocycles. The van der Waals surface area contributed by atoms with Crippen molar-refractivity contribution in [2.75, 3.05) is 19.7 Å². The number of fused-ring (bicyclic) bond motifs is 1. The lowest BCUT2D eigenvalue weighted by Gasteiger charge is -2.27. The molecule has 28 heavy (non-hydrogen) atoms. The zero-order chi connectivity index (χ0) is 19.3. The number of piperidine rings is 1. The zero-order valence-corrected chi connectivity index (χ0v) is 16.9. The zero-order valence-electron chi connectivity index (χ0n) is 16.1. The molecule has 0 aliphatic carbocycles. The molecule has 0 bridgehead atoms. The number of likely N-dealkylation sites (tertiary alicyclic amines) is 1. The number of benzene rings is 2. The van der Waals surface area contributed by atoms with Crippen LogP contribution in [0.2, 0.25) is 5.02 Å². The number of rotatable bonds is 5. The number of hydrogen-bond acceptors (Lipinski definition) is 3. The van der Waals surface area contributed by atoms with E-state index < -0.39 is 0 Å². The summed E-state index contributed by atoms with van der Waals surface area (Å²) in [5.74, 6) is 0.693. The quantitative estimate of drug-likeness (QED) is 0.820. The summed E-state index contributed by atoms with van der Waals surface area (Å²) in [6.45, 7) is 4.27. The minimum absolute atomic E-state index is 0.0402. The van der Waals surface area contributed by atoms with E-state index in [2.05, 4.69) is 28.4 Å². The smallest absolute Gasteiger partial charge is 0.227 e. The van der Waals surface area contributed by atoms with Crippen LogP contribution in [0.5, 0.6) is 5.75 Å². The lowest BCUT2D eigenvalue weighted by atomic mass is 9.96. The topological polar surface area (TPSA) is 41.6 Å². The fourth-order valence-corrected chi connectivity index (χ4v) is 4.30. The molecule has 1 amide bonds. The van der Waals surface area contributed by atoms with Gasteiger partial charge in [0.2, 0.25) is 5.91 Å². The molecule has 0 unspecified atom stereocenters. The minimum Gasteiger partial charge on any atom is -0.492 e. The molecule has 148 valence electrons. The standard InChI is InChI=1S/C23H27ClN2O2/c24-21-8-9-22-19(13-21)12-20(16-28-22)23(27)25-14-17-6-2-3-7-18(17)15-26-10-4-1-5-11-26/h2-3,6-9,13,20H,1,4-5,10-12,14-16H2,(H,25,27)/t20-/m0/s1. The first-order valence-corrected chi connectivity index (χ1v) is 10.5. The molecule has 1 atom stereocenters. The summed E-state index contributed by atoms with van der Waals surface area (Å²) in [4.78, 5) is 15.2. The molecule has 5 heteroatoms. The summed E-state index contributed by atoms with van der Waals surface area (Å²) in [7, 11) is 0. The minimum atomic E-state index is -0.180. The molecule has 2 aromatic carbocycles. The Morgan fingerprint density at radius 1 is 1.11 bits per heavy atom. The largest absolute Gasteiger partial charge is 0.492 e. The fraction of sp³-hybridized carbons (Fsp3) is 0.435. The van der Waals surface area contributed by atoms with E-state index in [1.807, 2.05) is 24.3 Å². The van der Waals surface area contributed by atoms with Crippen molar-refractivity contribution in [2.45, 2.75) is 38.8 Å². The van der Waals surface area contributed by atoms with Gasteiger partial charge in [0.15, 0.2) is 0 Å². The van der Waals surface area contributed by atoms with E-state index in [0.29, 0.717) is 24.6 Å². The van der Waals surface area contributed by atoms with E-state index in [1.54, 1.807) is 0 Å². The third-order valence-electron chi connectivity index (χ3n) is 5.71. The molecule has 1 N–H and O–H groups in total. The molecule has 1 saturated heterocycles. The van der Waals surface area contributed by atoms with E-state index in [1.165, 1.54) is 43.5 Å². The van der Waals surface area contributed by atoms with Gasteiger partial charge in [-0.15, -0.1) is 0 Å². The van der Waals surface area contributed by atoms with Gasteiger partial charge >= 0.3 is 0 Å². The van der Waals surface area contributed by atoms with Crippen molar-refractivity contribution in [3.8, 4) is 5.75 Å². The first-order valence-electron chi connectivity index (χ1n) is 10.2. The number of carbonyl (C=O) groups excluding carboxylic acids is 1. The van der Waals surface area contributed by atoms with Gasteiger partial charge in [0.1, 0.15) is 12.4 Å². The molecular weight excluding hydrogens is 372 g/mol. The molecule has 2 aliphatic rings.